The van der Waals surface area contributed by atoms with Gasteiger partial charge in [-0.15, -0.1) is 0 Å². The van der Waals surface area contributed by atoms with Crippen molar-refractivity contribution in [1.82, 2.24) is 9.97 Å². The van der Waals surface area contributed by atoms with E-state index in [1.165, 1.54) is 5.56 Å². The molecule has 0 aliphatic carbocycles. The molecule has 3 N–H and O–H groups in total. The number of hydrogen-bond acceptors (Lipinski definition) is 2. The van der Waals surface area contributed by atoms with Crippen molar-refractivity contribution in [2.24, 2.45) is 5.73 Å². The summed E-state index contributed by atoms with van der Waals surface area (Å²) in [7, 11) is 0. The number of fused-ring (bicyclic) bond motifs is 1. The van der Waals surface area contributed by atoms with Gasteiger partial charge in [-0.3, -0.25) is 0 Å². The quantitative estimate of drug-likeness (QED) is 0.761. The Balaban J connectivity index is 2.51. The Labute approximate surface area is 83.3 Å². The number of rotatable bonds is 2. The van der Waals surface area contributed by atoms with Crippen LogP contribution in [0.15, 0.2) is 18.2 Å². The summed E-state index contributed by atoms with van der Waals surface area (Å²) in [5.74, 6) is 0.883. The van der Waals surface area contributed by atoms with Gasteiger partial charge in [-0.25, -0.2) is 4.98 Å². The zero-order valence-corrected chi connectivity index (χ0v) is 8.54. The molecule has 3 nitrogen and oxygen atoms in total. The molecule has 0 spiro atoms. The topological polar surface area (TPSA) is 54.7 Å². The van der Waals surface area contributed by atoms with Gasteiger partial charge in [0.2, 0.25) is 0 Å². The molecule has 14 heavy (non-hydrogen) atoms. The summed E-state index contributed by atoms with van der Waals surface area (Å²) in [6.07, 6.45) is 0.902. The second kappa shape index (κ2) is 3.42. The van der Waals surface area contributed by atoms with Crippen LogP contribution in [0.3, 0.4) is 0 Å². The second-order valence-electron chi connectivity index (χ2n) is 3.66. The SMILES string of the molecule is CC[C@@H](N)c1nc2ccc(C)cc2[nH]1. The van der Waals surface area contributed by atoms with Crippen LogP contribution >= 0.6 is 0 Å². The number of nitrogens with one attached hydrogen (secondary N) is 1. The Hall–Kier alpha value is -1.35. The molecule has 0 fully saturated rings. The number of nitrogens with zero attached hydrogens (tertiary/aromatic N) is 1. The molecule has 1 aromatic carbocycles. The van der Waals surface area contributed by atoms with Gasteiger partial charge in [0.1, 0.15) is 5.82 Å². The lowest BCUT2D eigenvalue weighted by molar-refractivity contribution is 0.660. The van der Waals surface area contributed by atoms with Crippen molar-refractivity contribution >= 4 is 11.0 Å². The Morgan fingerprint density at radius 1 is 1.50 bits per heavy atom. The highest BCUT2D eigenvalue weighted by atomic mass is 15.0. The summed E-state index contributed by atoms with van der Waals surface area (Å²) in [4.78, 5) is 7.69. The predicted molar refractivity (Wildman–Crippen MR) is 58.1 cm³/mol. The monoisotopic (exact) mass is 189 g/mol. The molecule has 0 aliphatic rings. The highest BCUT2D eigenvalue weighted by molar-refractivity contribution is 5.75. The summed E-state index contributed by atoms with van der Waals surface area (Å²) >= 11 is 0. The van der Waals surface area contributed by atoms with Crippen molar-refractivity contribution in [1.29, 1.82) is 0 Å². The van der Waals surface area contributed by atoms with Crippen LogP contribution in [0.4, 0.5) is 0 Å². The van der Waals surface area contributed by atoms with Crippen LogP contribution in [0.1, 0.15) is 30.8 Å². The zero-order chi connectivity index (χ0) is 10.1. The molecular formula is C11H15N3. The minimum atomic E-state index is 0.0164. The van der Waals surface area contributed by atoms with Gasteiger partial charge >= 0.3 is 0 Å². The number of hydrogen-bond donors (Lipinski definition) is 2. The normalized spacial score (nSPS) is 13.4. The number of benzene rings is 1. The Morgan fingerprint density at radius 2 is 2.29 bits per heavy atom. The molecule has 2 rings (SSSR count). The number of aromatic amines is 1. The van der Waals surface area contributed by atoms with Crippen molar-refractivity contribution in [3.63, 3.8) is 0 Å². The largest absolute Gasteiger partial charge is 0.341 e. The number of aromatic nitrogens is 2. The van der Waals surface area contributed by atoms with Gasteiger partial charge in [0.25, 0.3) is 0 Å². The van der Waals surface area contributed by atoms with E-state index in [0.717, 1.165) is 23.3 Å². The Kier molecular flexibility index (Phi) is 2.25. The van der Waals surface area contributed by atoms with E-state index in [4.69, 9.17) is 5.73 Å². The summed E-state index contributed by atoms with van der Waals surface area (Å²) in [5.41, 5.74) is 9.20. The van der Waals surface area contributed by atoms with Gasteiger partial charge in [0.05, 0.1) is 17.1 Å². The van der Waals surface area contributed by atoms with Crippen molar-refractivity contribution in [3.8, 4) is 0 Å². The second-order valence-corrected chi connectivity index (χ2v) is 3.66. The smallest absolute Gasteiger partial charge is 0.124 e. The van der Waals surface area contributed by atoms with E-state index >= 15 is 0 Å². The first-order valence-electron chi connectivity index (χ1n) is 4.92. The zero-order valence-electron chi connectivity index (χ0n) is 8.54. The van der Waals surface area contributed by atoms with Crippen LogP contribution in [-0.2, 0) is 0 Å². The fourth-order valence-electron chi connectivity index (χ4n) is 1.51. The molecule has 0 bridgehead atoms. The molecule has 0 saturated carbocycles. The van der Waals surface area contributed by atoms with Gasteiger partial charge < -0.3 is 10.7 Å². The third-order valence-electron chi connectivity index (χ3n) is 2.45. The summed E-state index contributed by atoms with van der Waals surface area (Å²) < 4.78 is 0. The van der Waals surface area contributed by atoms with Gasteiger partial charge in [-0.1, -0.05) is 13.0 Å². The first-order chi connectivity index (χ1) is 6.70. The highest BCUT2D eigenvalue weighted by Gasteiger charge is 2.08. The van der Waals surface area contributed by atoms with Crippen LogP contribution in [0.2, 0.25) is 0 Å². The molecule has 0 saturated heterocycles. The van der Waals surface area contributed by atoms with Crippen LogP contribution in [0.25, 0.3) is 11.0 Å². The maximum Gasteiger partial charge on any atom is 0.124 e. The minimum absolute atomic E-state index is 0.0164. The fourth-order valence-corrected chi connectivity index (χ4v) is 1.51. The highest BCUT2D eigenvalue weighted by Crippen LogP contribution is 2.17. The molecule has 1 aromatic heterocycles. The number of aryl methyl sites for hydroxylation is 1. The Bertz CT molecular complexity index is 445. The average molecular weight is 189 g/mol. The van der Waals surface area contributed by atoms with Crippen molar-refractivity contribution in [2.45, 2.75) is 26.3 Å². The summed E-state index contributed by atoms with van der Waals surface area (Å²) in [6.45, 7) is 4.13. The average Bonchev–Trinajstić information content (AvgIpc) is 2.59. The van der Waals surface area contributed by atoms with Crippen LogP contribution in [0, 0.1) is 6.92 Å². The molecule has 1 atom stereocenters. The standard InChI is InChI=1S/C11H15N3/c1-3-8(12)11-13-9-5-4-7(2)6-10(9)14-11/h4-6,8H,3,12H2,1-2H3,(H,13,14)/t8-/m1/s1. The third kappa shape index (κ3) is 1.51. The van der Waals surface area contributed by atoms with Crippen molar-refractivity contribution in [3.05, 3.63) is 29.6 Å². The predicted octanol–water partition coefficient (Wildman–Crippen LogP) is 2.28. The first kappa shape index (κ1) is 9.21. The van der Waals surface area contributed by atoms with Crippen molar-refractivity contribution < 1.29 is 0 Å². The van der Waals surface area contributed by atoms with E-state index in [0.29, 0.717) is 0 Å². The van der Waals surface area contributed by atoms with Gasteiger partial charge in [-0.2, -0.15) is 0 Å². The molecule has 2 aromatic rings. The summed E-state index contributed by atoms with van der Waals surface area (Å²) in [5, 5.41) is 0. The lowest BCUT2D eigenvalue weighted by Gasteiger charge is -2.02. The van der Waals surface area contributed by atoms with Gasteiger partial charge in [0, 0.05) is 0 Å². The summed E-state index contributed by atoms with van der Waals surface area (Å²) in [6, 6.07) is 6.19. The lowest BCUT2D eigenvalue weighted by Crippen LogP contribution is -2.10. The molecular weight excluding hydrogens is 174 g/mol. The molecule has 74 valence electrons. The van der Waals surface area contributed by atoms with Crippen LogP contribution < -0.4 is 5.73 Å². The molecule has 1 heterocycles. The van der Waals surface area contributed by atoms with Crippen LogP contribution in [0.5, 0.6) is 0 Å². The van der Waals surface area contributed by atoms with Gasteiger partial charge in [0.15, 0.2) is 0 Å². The van der Waals surface area contributed by atoms with Crippen LogP contribution in [-0.4, -0.2) is 9.97 Å². The third-order valence-corrected chi connectivity index (χ3v) is 2.45. The van der Waals surface area contributed by atoms with E-state index in [1.54, 1.807) is 0 Å². The van der Waals surface area contributed by atoms with Crippen molar-refractivity contribution in [2.75, 3.05) is 0 Å². The maximum atomic E-state index is 5.90. The van der Waals surface area contributed by atoms with E-state index in [1.807, 2.05) is 6.07 Å². The van der Waals surface area contributed by atoms with Gasteiger partial charge in [-0.05, 0) is 31.0 Å². The number of H-pyrrole nitrogens is 1. The number of imidazole rings is 1. The molecule has 3 heteroatoms. The fraction of sp³-hybridized carbons (Fsp3) is 0.364. The Morgan fingerprint density at radius 3 is 3.00 bits per heavy atom. The van der Waals surface area contributed by atoms with E-state index in [2.05, 4.69) is 35.9 Å². The molecule has 0 aliphatic heterocycles. The number of nitrogens with two attached hydrogens (primary N) is 1. The molecule has 0 unspecified atom stereocenters. The first-order valence-corrected chi connectivity index (χ1v) is 4.92. The molecule has 0 amide bonds. The van der Waals surface area contributed by atoms with E-state index < -0.39 is 0 Å². The van der Waals surface area contributed by atoms with E-state index in [-0.39, 0.29) is 6.04 Å². The maximum absolute atomic E-state index is 5.90. The minimum Gasteiger partial charge on any atom is -0.341 e. The van der Waals surface area contributed by atoms with E-state index in [9.17, 15) is 0 Å². The lowest BCUT2D eigenvalue weighted by atomic mass is 10.2. The molecule has 0 radical (unpaired) electrons.